The molecule has 6 heteroatoms. The van der Waals surface area contributed by atoms with Crippen LogP contribution >= 0.6 is 0 Å². The summed E-state index contributed by atoms with van der Waals surface area (Å²) >= 11 is 0. The van der Waals surface area contributed by atoms with E-state index in [1.807, 2.05) is 29.1 Å². The molecule has 0 saturated heterocycles. The van der Waals surface area contributed by atoms with E-state index in [4.69, 9.17) is 4.74 Å². The number of nitrogens with zero attached hydrogens (tertiary/aromatic N) is 3. The standard InChI is InChI=1S/C21H33N5O/c1-4-22-21(23-11-13-27-12-10-18(2)3)24-14-20-15-25-26(17-20)16-19-8-6-5-7-9-19/h5-9,15,17-18H,4,10-14,16H2,1-3H3,(H2,22,23,24). The summed E-state index contributed by atoms with van der Waals surface area (Å²) in [5.41, 5.74) is 2.33. The van der Waals surface area contributed by atoms with Crippen LogP contribution in [0.15, 0.2) is 47.7 Å². The Hall–Kier alpha value is -2.34. The molecule has 27 heavy (non-hydrogen) atoms. The van der Waals surface area contributed by atoms with Crippen LogP contribution in [0.3, 0.4) is 0 Å². The van der Waals surface area contributed by atoms with Gasteiger partial charge in [-0.15, -0.1) is 0 Å². The third-order valence-electron chi connectivity index (χ3n) is 4.02. The molecular formula is C21H33N5O. The molecule has 0 aliphatic heterocycles. The van der Waals surface area contributed by atoms with E-state index in [0.717, 1.165) is 44.2 Å². The monoisotopic (exact) mass is 371 g/mol. The molecule has 0 fully saturated rings. The lowest BCUT2D eigenvalue weighted by Crippen LogP contribution is -2.39. The zero-order valence-electron chi connectivity index (χ0n) is 16.8. The first-order valence-corrected chi connectivity index (χ1v) is 9.82. The first-order valence-electron chi connectivity index (χ1n) is 9.82. The summed E-state index contributed by atoms with van der Waals surface area (Å²) in [6, 6.07) is 10.3. The minimum atomic E-state index is 0.596. The molecule has 0 unspecified atom stereocenters. The predicted octanol–water partition coefficient (Wildman–Crippen LogP) is 3.05. The van der Waals surface area contributed by atoms with Crippen LogP contribution in [0.1, 0.15) is 38.3 Å². The van der Waals surface area contributed by atoms with Crippen molar-refractivity contribution in [1.29, 1.82) is 0 Å². The highest BCUT2D eigenvalue weighted by Crippen LogP contribution is 2.05. The Kier molecular flexibility index (Phi) is 9.41. The zero-order chi connectivity index (χ0) is 19.3. The molecule has 0 aliphatic rings. The Bertz CT molecular complexity index is 666. The molecule has 1 aromatic heterocycles. The lowest BCUT2D eigenvalue weighted by Gasteiger charge is -2.11. The lowest BCUT2D eigenvalue weighted by molar-refractivity contribution is 0.128. The molecule has 0 spiro atoms. The molecule has 1 aromatic carbocycles. The molecule has 0 amide bonds. The van der Waals surface area contributed by atoms with E-state index in [1.54, 1.807) is 0 Å². The fourth-order valence-corrected chi connectivity index (χ4v) is 2.52. The maximum atomic E-state index is 5.64. The molecule has 6 nitrogen and oxygen atoms in total. The highest BCUT2D eigenvalue weighted by Gasteiger charge is 2.02. The number of nitrogens with one attached hydrogen (secondary N) is 2. The normalized spacial score (nSPS) is 11.8. The van der Waals surface area contributed by atoms with Crippen molar-refractivity contribution in [1.82, 2.24) is 20.4 Å². The Balaban J connectivity index is 1.76. The summed E-state index contributed by atoms with van der Waals surface area (Å²) in [7, 11) is 0. The van der Waals surface area contributed by atoms with Crippen LogP contribution < -0.4 is 10.6 Å². The molecule has 0 bridgehead atoms. The van der Waals surface area contributed by atoms with Crippen molar-refractivity contribution in [2.24, 2.45) is 10.9 Å². The second kappa shape index (κ2) is 12.1. The lowest BCUT2D eigenvalue weighted by atomic mass is 10.1. The SMILES string of the molecule is CCNC(=NCc1cnn(Cc2ccccc2)c1)NCCOCCC(C)C. The van der Waals surface area contributed by atoms with Crippen molar-refractivity contribution in [2.45, 2.75) is 40.3 Å². The second-order valence-corrected chi connectivity index (χ2v) is 6.95. The number of guanidine groups is 1. The Morgan fingerprint density at radius 1 is 1.15 bits per heavy atom. The maximum absolute atomic E-state index is 5.64. The Labute approximate surface area is 163 Å². The van der Waals surface area contributed by atoms with Gasteiger partial charge >= 0.3 is 0 Å². The largest absolute Gasteiger partial charge is 0.380 e. The van der Waals surface area contributed by atoms with Gasteiger partial charge in [0.15, 0.2) is 5.96 Å². The van der Waals surface area contributed by atoms with Crippen LogP contribution in [0.2, 0.25) is 0 Å². The van der Waals surface area contributed by atoms with E-state index in [1.165, 1.54) is 5.56 Å². The molecule has 2 rings (SSSR count). The quantitative estimate of drug-likeness (QED) is 0.362. The van der Waals surface area contributed by atoms with Crippen LogP contribution in [-0.2, 0) is 17.8 Å². The van der Waals surface area contributed by atoms with Gasteiger partial charge in [0, 0.05) is 31.5 Å². The minimum absolute atomic E-state index is 0.596. The van der Waals surface area contributed by atoms with Gasteiger partial charge in [0.2, 0.25) is 0 Å². The van der Waals surface area contributed by atoms with Gasteiger partial charge in [-0.2, -0.15) is 5.10 Å². The molecular weight excluding hydrogens is 338 g/mol. The van der Waals surface area contributed by atoms with Gasteiger partial charge in [0.25, 0.3) is 0 Å². The fourth-order valence-electron chi connectivity index (χ4n) is 2.52. The topological polar surface area (TPSA) is 63.5 Å². The summed E-state index contributed by atoms with van der Waals surface area (Å²) in [4.78, 5) is 4.64. The van der Waals surface area contributed by atoms with Crippen LogP contribution in [0.4, 0.5) is 0 Å². The summed E-state index contributed by atoms with van der Waals surface area (Å²) < 4.78 is 7.58. The first-order chi connectivity index (χ1) is 13.2. The van der Waals surface area contributed by atoms with E-state index >= 15 is 0 Å². The van der Waals surface area contributed by atoms with Gasteiger partial charge in [0.05, 0.1) is 25.9 Å². The van der Waals surface area contributed by atoms with Crippen molar-refractivity contribution >= 4 is 5.96 Å². The number of aromatic nitrogens is 2. The number of hydrogen-bond donors (Lipinski definition) is 2. The van der Waals surface area contributed by atoms with Gasteiger partial charge in [-0.1, -0.05) is 44.2 Å². The Morgan fingerprint density at radius 3 is 2.70 bits per heavy atom. The molecule has 0 aliphatic carbocycles. The van der Waals surface area contributed by atoms with E-state index in [0.29, 0.717) is 19.1 Å². The van der Waals surface area contributed by atoms with E-state index in [-0.39, 0.29) is 0 Å². The van der Waals surface area contributed by atoms with Crippen molar-refractivity contribution in [3.05, 3.63) is 53.9 Å². The highest BCUT2D eigenvalue weighted by atomic mass is 16.5. The van der Waals surface area contributed by atoms with Crippen molar-refractivity contribution < 1.29 is 4.74 Å². The third kappa shape index (κ3) is 8.73. The van der Waals surface area contributed by atoms with E-state index in [2.05, 4.69) is 59.8 Å². The average molecular weight is 372 g/mol. The van der Waals surface area contributed by atoms with Crippen molar-refractivity contribution in [3.8, 4) is 0 Å². The molecule has 2 N–H and O–H groups in total. The van der Waals surface area contributed by atoms with Crippen LogP contribution in [0.25, 0.3) is 0 Å². The van der Waals surface area contributed by atoms with Gasteiger partial charge in [-0.05, 0) is 24.8 Å². The number of ether oxygens (including phenoxy) is 1. The first kappa shape index (κ1) is 21.0. The van der Waals surface area contributed by atoms with Gasteiger partial charge in [-0.25, -0.2) is 4.99 Å². The summed E-state index contributed by atoms with van der Waals surface area (Å²) in [5, 5.41) is 11.0. The van der Waals surface area contributed by atoms with Crippen LogP contribution in [0, 0.1) is 5.92 Å². The average Bonchev–Trinajstić information content (AvgIpc) is 3.10. The summed E-state index contributed by atoms with van der Waals surface area (Å²) in [6.07, 6.45) is 5.03. The fraction of sp³-hybridized carbons (Fsp3) is 0.524. The van der Waals surface area contributed by atoms with Crippen LogP contribution in [0.5, 0.6) is 0 Å². The number of rotatable bonds is 11. The Morgan fingerprint density at radius 2 is 1.96 bits per heavy atom. The second-order valence-electron chi connectivity index (χ2n) is 6.95. The van der Waals surface area contributed by atoms with E-state index < -0.39 is 0 Å². The predicted molar refractivity (Wildman–Crippen MR) is 111 cm³/mol. The highest BCUT2D eigenvalue weighted by molar-refractivity contribution is 5.79. The van der Waals surface area contributed by atoms with Gasteiger partial charge < -0.3 is 15.4 Å². The van der Waals surface area contributed by atoms with Crippen molar-refractivity contribution in [3.63, 3.8) is 0 Å². The maximum Gasteiger partial charge on any atom is 0.191 e. The molecule has 1 heterocycles. The van der Waals surface area contributed by atoms with E-state index in [9.17, 15) is 0 Å². The minimum Gasteiger partial charge on any atom is -0.380 e. The molecule has 0 saturated carbocycles. The van der Waals surface area contributed by atoms with Crippen LogP contribution in [-0.4, -0.2) is 42.0 Å². The van der Waals surface area contributed by atoms with Crippen molar-refractivity contribution in [2.75, 3.05) is 26.3 Å². The molecule has 0 atom stereocenters. The number of benzene rings is 1. The zero-order valence-corrected chi connectivity index (χ0v) is 16.8. The smallest absolute Gasteiger partial charge is 0.191 e. The van der Waals surface area contributed by atoms with Gasteiger partial charge in [-0.3, -0.25) is 4.68 Å². The summed E-state index contributed by atoms with van der Waals surface area (Å²) in [6.45, 7) is 10.9. The molecule has 2 aromatic rings. The molecule has 0 radical (unpaired) electrons. The van der Waals surface area contributed by atoms with Gasteiger partial charge in [0.1, 0.15) is 0 Å². The summed E-state index contributed by atoms with van der Waals surface area (Å²) in [5.74, 6) is 1.49. The number of hydrogen-bond acceptors (Lipinski definition) is 3. The number of aliphatic imine (C=N–C) groups is 1. The molecule has 148 valence electrons. The third-order valence-corrected chi connectivity index (χ3v) is 4.02.